The van der Waals surface area contributed by atoms with Crippen LogP contribution in [0.2, 0.25) is 0 Å². The molecule has 0 aromatic rings. The van der Waals surface area contributed by atoms with Gasteiger partial charge in [-0.25, -0.2) is 0 Å². The van der Waals surface area contributed by atoms with Crippen molar-refractivity contribution in [2.75, 3.05) is 0 Å². The zero-order valence-electron chi connectivity index (χ0n) is 8.40. The van der Waals surface area contributed by atoms with Crippen LogP contribution in [0.3, 0.4) is 0 Å². The summed E-state index contributed by atoms with van der Waals surface area (Å²) in [7, 11) is 0. The van der Waals surface area contributed by atoms with Gasteiger partial charge in [-0.3, -0.25) is 9.59 Å². The molecule has 0 fully saturated rings. The van der Waals surface area contributed by atoms with Gasteiger partial charge in [0.1, 0.15) is 0 Å². The first-order valence-electron chi connectivity index (χ1n) is 4.75. The Kier molecular flexibility index (Phi) is 6.45. The number of rotatable bonds is 7. The van der Waals surface area contributed by atoms with Crippen molar-refractivity contribution in [1.29, 1.82) is 0 Å². The van der Waals surface area contributed by atoms with E-state index >= 15 is 0 Å². The van der Waals surface area contributed by atoms with Gasteiger partial charge in [0.15, 0.2) is 0 Å². The third kappa shape index (κ3) is 6.22. The van der Waals surface area contributed by atoms with Crippen LogP contribution in [0, 0.1) is 5.92 Å². The molecule has 0 spiro atoms. The monoisotopic (exact) mass is 199 g/mol. The number of carboxylic acid groups (broad SMARTS) is 1. The number of carboxylic acids is 1. The topological polar surface area (TPSA) is 80.4 Å². The fourth-order valence-electron chi connectivity index (χ4n) is 1.04. The van der Waals surface area contributed by atoms with Gasteiger partial charge in [-0.05, 0) is 6.42 Å². The van der Waals surface area contributed by atoms with Gasteiger partial charge in [0.05, 0.1) is 5.92 Å². The summed E-state index contributed by atoms with van der Waals surface area (Å²) < 4.78 is 0. The maximum Gasteiger partial charge on any atom is 0.310 e. The highest BCUT2D eigenvalue weighted by Crippen LogP contribution is 2.06. The Morgan fingerprint density at radius 2 is 2.14 bits per heavy atom. The van der Waals surface area contributed by atoms with Crippen molar-refractivity contribution in [2.45, 2.75) is 32.6 Å². The van der Waals surface area contributed by atoms with Crippen LogP contribution in [0.5, 0.6) is 0 Å². The zero-order chi connectivity index (χ0) is 11.0. The Balaban J connectivity index is 4.02. The molecule has 0 aromatic carbocycles. The lowest BCUT2D eigenvalue weighted by molar-refractivity contribution is -0.141. The molecule has 1 amide bonds. The molecule has 80 valence electrons. The minimum atomic E-state index is -1.00. The molecule has 4 heteroatoms. The highest BCUT2D eigenvalue weighted by Gasteiger charge is 2.15. The van der Waals surface area contributed by atoms with Crippen LogP contribution in [-0.2, 0) is 9.59 Å². The first-order valence-corrected chi connectivity index (χ1v) is 4.75. The summed E-state index contributed by atoms with van der Waals surface area (Å²) >= 11 is 0. The summed E-state index contributed by atoms with van der Waals surface area (Å²) in [5, 5.41) is 8.72. The average molecular weight is 199 g/mol. The Hall–Kier alpha value is -1.32. The Bertz CT molecular complexity index is 223. The summed E-state index contributed by atoms with van der Waals surface area (Å²) in [5.74, 6) is -2.36. The zero-order valence-corrected chi connectivity index (χ0v) is 8.40. The highest BCUT2D eigenvalue weighted by atomic mass is 16.4. The van der Waals surface area contributed by atoms with E-state index in [1.165, 1.54) is 0 Å². The van der Waals surface area contributed by atoms with Gasteiger partial charge in [-0.15, -0.1) is 0 Å². The van der Waals surface area contributed by atoms with E-state index in [9.17, 15) is 9.59 Å². The molecule has 4 nitrogen and oxygen atoms in total. The van der Waals surface area contributed by atoms with Gasteiger partial charge >= 0.3 is 5.97 Å². The van der Waals surface area contributed by atoms with Crippen LogP contribution >= 0.6 is 0 Å². The smallest absolute Gasteiger partial charge is 0.310 e. The molecule has 14 heavy (non-hydrogen) atoms. The van der Waals surface area contributed by atoms with Crippen LogP contribution < -0.4 is 5.73 Å². The number of hydrogen-bond acceptors (Lipinski definition) is 2. The largest absolute Gasteiger partial charge is 0.481 e. The normalized spacial score (nSPS) is 12.9. The lowest BCUT2D eigenvalue weighted by Gasteiger charge is -2.03. The summed E-state index contributed by atoms with van der Waals surface area (Å²) in [6.45, 7) is 2.06. The maximum atomic E-state index is 10.6. The van der Waals surface area contributed by atoms with Crippen LogP contribution in [0.1, 0.15) is 32.6 Å². The molecule has 0 radical (unpaired) electrons. The Morgan fingerprint density at radius 3 is 2.57 bits per heavy atom. The molecular formula is C10H17NO3. The quantitative estimate of drug-likeness (QED) is 0.479. The number of primary amides is 1. The molecule has 0 aromatic heterocycles. The van der Waals surface area contributed by atoms with Gasteiger partial charge in [0.2, 0.25) is 5.91 Å². The summed E-state index contributed by atoms with van der Waals surface area (Å²) in [4.78, 5) is 21.2. The molecule has 1 atom stereocenters. The van der Waals surface area contributed by atoms with E-state index in [2.05, 4.69) is 6.92 Å². The van der Waals surface area contributed by atoms with E-state index in [-0.39, 0.29) is 6.42 Å². The Morgan fingerprint density at radius 1 is 1.50 bits per heavy atom. The summed E-state index contributed by atoms with van der Waals surface area (Å²) in [6, 6.07) is 0. The van der Waals surface area contributed by atoms with Crippen molar-refractivity contribution in [3.05, 3.63) is 12.2 Å². The lowest BCUT2D eigenvalue weighted by atomic mass is 10.0. The van der Waals surface area contributed by atoms with E-state index in [0.29, 0.717) is 0 Å². The van der Waals surface area contributed by atoms with Crippen LogP contribution in [0.4, 0.5) is 0 Å². The molecule has 0 aliphatic rings. The van der Waals surface area contributed by atoms with Crippen molar-refractivity contribution in [3.63, 3.8) is 0 Å². The van der Waals surface area contributed by atoms with E-state index in [0.717, 1.165) is 19.3 Å². The molecule has 0 aliphatic heterocycles. The second-order valence-corrected chi connectivity index (χ2v) is 3.19. The fraction of sp³-hybridized carbons (Fsp3) is 0.600. The maximum absolute atomic E-state index is 10.6. The summed E-state index contributed by atoms with van der Waals surface area (Å²) in [5.41, 5.74) is 4.93. The second-order valence-electron chi connectivity index (χ2n) is 3.19. The van der Waals surface area contributed by atoms with E-state index < -0.39 is 17.8 Å². The first-order chi connectivity index (χ1) is 6.57. The first kappa shape index (κ1) is 12.7. The van der Waals surface area contributed by atoms with Crippen molar-refractivity contribution in [2.24, 2.45) is 11.7 Å². The standard InChI is InChI=1S/C10H17NO3/c1-2-3-4-5-6-8(10(13)14)7-9(11)12/h5-6,8H,2-4,7H2,1H3,(H2,11,12)(H,13,14). The predicted octanol–water partition coefficient (Wildman–Crippen LogP) is 1.31. The number of unbranched alkanes of at least 4 members (excludes halogenated alkanes) is 2. The van der Waals surface area contributed by atoms with Crippen molar-refractivity contribution in [3.8, 4) is 0 Å². The van der Waals surface area contributed by atoms with Gasteiger partial charge < -0.3 is 10.8 Å². The number of carbonyl (C=O) groups excluding carboxylic acids is 1. The molecule has 0 saturated carbocycles. The SMILES string of the molecule is CCCCC=CC(CC(N)=O)C(=O)O. The number of carbonyl (C=O) groups is 2. The molecule has 0 aliphatic carbocycles. The minimum Gasteiger partial charge on any atom is -0.481 e. The number of aliphatic carboxylic acids is 1. The second kappa shape index (κ2) is 7.12. The lowest BCUT2D eigenvalue weighted by Crippen LogP contribution is -2.20. The van der Waals surface area contributed by atoms with Crippen LogP contribution in [-0.4, -0.2) is 17.0 Å². The van der Waals surface area contributed by atoms with Gasteiger partial charge in [-0.2, -0.15) is 0 Å². The van der Waals surface area contributed by atoms with Gasteiger partial charge in [-0.1, -0.05) is 31.9 Å². The molecule has 3 N–H and O–H groups in total. The van der Waals surface area contributed by atoms with Crippen LogP contribution in [0.15, 0.2) is 12.2 Å². The molecular weight excluding hydrogens is 182 g/mol. The predicted molar refractivity (Wildman–Crippen MR) is 53.6 cm³/mol. The third-order valence-electron chi connectivity index (χ3n) is 1.83. The molecule has 0 bridgehead atoms. The van der Waals surface area contributed by atoms with Crippen molar-refractivity contribution in [1.82, 2.24) is 0 Å². The molecule has 1 unspecified atom stereocenters. The van der Waals surface area contributed by atoms with Gasteiger partial charge in [0, 0.05) is 6.42 Å². The third-order valence-corrected chi connectivity index (χ3v) is 1.83. The van der Waals surface area contributed by atoms with Crippen LogP contribution in [0.25, 0.3) is 0 Å². The minimum absolute atomic E-state index is 0.127. The number of allylic oxidation sites excluding steroid dienone is 1. The number of hydrogen-bond donors (Lipinski definition) is 2. The number of amides is 1. The van der Waals surface area contributed by atoms with E-state index in [4.69, 9.17) is 10.8 Å². The molecule has 0 heterocycles. The van der Waals surface area contributed by atoms with E-state index in [1.54, 1.807) is 12.2 Å². The number of nitrogens with two attached hydrogens (primary N) is 1. The van der Waals surface area contributed by atoms with E-state index in [1.807, 2.05) is 0 Å². The molecule has 0 rings (SSSR count). The van der Waals surface area contributed by atoms with Gasteiger partial charge in [0.25, 0.3) is 0 Å². The average Bonchev–Trinajstić information content (AvgIpc) is 2.09. The fourth-order valence-corrected chi connectivity index (χ4v) is 1.04. The van der Waals surface area contributed by atoms with Crippen molar-refractivity contribution >= 4 is 11.9 Å². The molecule has 0 saturated heterocycles. The van der Waals surface area contributed by atoms with Crippen molar-refractivity contribution < 1.29 is 14.7 Å². The highest BCUT2D eigenvalue weighted by molar-refractivity contribution is 5.82. The summed E-state index contributed by atoms with van der Waals surface area (Å²) in [6.07, 6.45) is 6.16. The Labute approximate surface area is 83.8 Å².